The fourth-order valence-electron chi connectivity index (χ4n) is 3.32. The number of aryl methyl sites for hydroxylation is 1. The standard InChI is InChI=1S/C23H36N2O4/c1-22(2,3)29-21(27)24-16-23(4,5)25-20(26)14-13-17-9-8-12-19(15-17)28-18-10-6-7-11-18/h8-9,12,15,18H,6-7,10-11,13-14,16H2,1-5H3,(H,24,27)(H,25,26). The minimum Gasteiger partial charge on any atom is -0.490 e. The largest absolute Gasteiger partial charge is 0.490 e. The van der Waals surface area contributed by atoms with Crippen LogP contribution in [0.1, 0.15) is 72.3 Å². The van der Waals surface area contributed by atoms with Crippen LogP contribution >= 0.6 is 0 Å². The molecule has 1 aromatic carbocycles. The van der Waals surface area contributed by atoms with Crippen molar-refractivity contribution in [3.05, 3.63) is 29.8 Å². The van der Waals surface area contributed by atoms with Gasteiger partial charge in [-0.2, -0.15) is 0 Å². The second-order valence-corrected chi connectivity index (χ2v) is 9.46. The molecule has 6 heteroatoms. The summed E-state index contributed by atoms with van der Waals surface area (Å²) in [4.78, 5) is 24.2. The SMILES string of the molecule is CC(C)(CNC(=O)OC(C)(C)C)NC(=O)CCc1cccc(OC2CCCC2)c1. The summed E-state index contributed by atoms with van der Waals surface area (Å²) in [5, 5.41) is 5.69. The number of hydrogen-bond acceptors (Lipinski definition) is 4. The molecule has 0 aromatic heterocycles. The molecule has 0 aliphatic heterocycles. The maximum atomic E-state index is 12.4. The van der Waals surface area contributed by atoms with Crippen molar-refractivity contribution < 1.29 is 19.1 Å². The van der Waals surface area contributed by atoms with Crippen molar-refractivity contribution in [2.45, 2.75) is 90.4 Å². The Hall–Kier alpha value is -2.24. The lowest BCUT2D eigenvalue weighted by molar-refractivity contribution is -0.122. The van der Waals surface area contributed by atoms with E-state index in [0.29, 0.717) is 25.5 Å². The van der Waals surface area contributed by atoms with Crippen molar-refractivity contribution in [2.75, 3.05) is 6.54 Å². The van der Waals surface area contributed by atoms with E-state index in [1.165, 1.54) is 12.8 Å². The monoisotopic (exact) mass is 404 g/mol. The van der Waals surface area contributed by atoms with Gasteiger partial charge >= 0.3 is 6.09 Å². The van der Waals surface area contributed by atoms with E-state index in [9.17, 15) is 9.59 Å². The van der Waals surface area contributed by atoms with Crippen molar-refractivity contribution in [1.82, 2.24) is 10.6 Å². The molecule has 1 aliphatic rings. The summed E-state index contributed by atoms with van der Waals surface area (Å²) >= 11 is 0. The number of nitrogens with one attached hydrogen (secondary N) is 2. The molecule has 2 N–H and O–H groups in total. The molecule has 2 amide bonds. The van der Waals surface area contributed by atoms with Gasteiger partial charge in [-0.15, -0.1) is 0 Å². The Morgan fingerprint density at radius 3 is 2.45 bits per heavy atom. The summed E-state index contributed by atoms with van der Waals surface area (Å²) < 4.78 is 11.3. The zero-order valence-corrected chi connectivity index (χ0v) is 18.5. The molecule has 6 nitrogen and oxygen atoms in total. The highest BCUT2D eigenvalue weighted by molar-refractivity contribution is 5.77. The van der Waals surface area contributed by atoms with Crippen LogP contribution in [0.25, 0.3) is 0 Å². The highest BCUT2D eigenvalue weighted by atomic mass is 16.6. The lowest BCUT2D eigenvalue weighted by Crippen LogP contribution is -2.52. The summed E-state index contributed by atoms with van der Waals surface area (Å²) in [5.41, 5.74) is -0.0325. The minimum atomic E-state index is -0.568. The van der Waals surface area contributed by atoms with Crippen molar-refractivity contribution in [3.63, 3.8) is 0 Å². The molecule has 0 radical (unpaired) electrons. The van der Waals surface area contributed by atoms with Gasteiger partial charge in [0.25, 0.3) is 0 Å². The van der Waals surface area contributed by atoms with Gasteiger partial charge in [-0.25, -0.2) is 4.79 Å². The van der Waals surface area contributed by atoms with E-state index in [4.69, 9.17) is 9.47 Å². The van der Waals surface area contributed by atoms with E-state index in [2.05, 4.69) is 10.6 Å². The van der Waals surface area contributed by atoms with Crippen LogP contribution in [0.3, 0.4) is 0 Å². The number of ether oxygens (including phenoxy) is 2. The number of amides is 2. The van der Waals surface area contributed by atoms with Crippen LogP contribution in [0.5, 0.6) is 5.75 Å². The summed E-state index contributed by atoms with van der Waals surface area (Å²) in [6, 6.07) is 8.00. The molecular formula is C23H36N2O4. The maximum absolute atomic E-state index is 12.4. The van der Waals surface area contributed by atoms with Gasteiger partial charge in [0.1, 0.15) is 11.4 Å². The van der Waals surface area contributed by atoms with Crippen LogP contribution in [0.2, 0.25) is 0 Å². The Balaban J connectivity index is 1.76. The fourth-order valence-corrected chi connectivity index (χ4v) is 3.32. The average molecular weight is 405 g/mol. The lowest BCUT2D eigenvalue weighted by Gasteiger charge is -2.28. The van der Waals surface area contributed by atoms with Crippen LogP contribution in [0.4, 0.5) is 4.79 Å². The first kappa shape index (κ1) is 23.0. The number of carbonyl (C=O) groups excluding carboxylic acids is 2. The Morgan fingerprint density at radius 1 is 1.10 bits per heavy atom. The lowest BCUT2D eigenvalue weighted by atomic mass is 10.0. The molecule has 1 saturated carbocycles. The predicted octanol–water partition coefficient (Wildman–Crippen LogP) is 4.36. The first-order valence-corrected chi connectivity index (χ1v) is 10.6. The molecular weight excluding hydrogens is 368 g/mol. The molecule has 0 spiro atoms. The Morgan fingerprint density at radius 2 is 1.79 bits per heavy atom. The van der Waals surface area contributed by atoms with Gasteiger partial charge in [0, 0.05) is 13.0 Å². The molecule has 1 fully saturated rings. The second kappa shape index (κ2) is 9.99. The molecule has 162 valence electrons. The molecule has 0 heterocycles. The van der Waals surface area contributed by atoms with Gasteiger partial charge in [-0.3, -0.25) is 4.79 Å². The molecule has 0 bridgehead atoms. The van der Waals surface area contributed by atoms with Crippen LogP contribution in [-0.2, 0) is 16.0 Å². The molecule has 0 atom stereocenters. The van der Waals surface area contributed by atoms with Gasteiger partial charge in [0.2, 0.25) is 5.91 Å². The quantitative estimate of drug-likeness (QED) is 0.675. The van der Waals surface area contributed by atoms with Crippen LogP contribution < -0.4 is 15.4 Å². The summed E-state index contributed by atoms with van der Waals surface area (Å²) in [6.45, 7) is 9.48. The fraction of sp³-hybridized carbons (Fsp3) is 0.652. The van der Waals surface area contributed by atoms with E-state index >= 15 is 0 Å². The van der Waals surface area contributed by atoms with Crippen molar-refractivity contribution in [3.8, 4) is 5.75 Å². The van der Waals surface area contributed by atoms with E-state index in [-0.39, 0.29) is 5.91 Å². The highest BCUT2D eigenvalue weighted by Crippen LogP contribution is 2.24. The number of benzene rings is 1. The average Bonchev–Trinajstić information content (AvgIpc) is 3.10. The van der Waals surface area contributed by atoms with Gasteiger partial charge < -0.3 is 20.1 Å². The topological polar surface area (TPSA) is 76.7 Å². The smallest absolute Gasteiger partial charge is 0.407 e. The molecule has 1 aromatic rings. The Bertz CT molecular complexity index is 688. The van der Waals surface area contributed by atoms with Crippen molar-refractivity contribution in [2.24, 2.45) is 0 Å². The van der Waals surface area contributed by atoms with Crippen molar-refractivity contribution >= 4 is 12.0 Å². The molecule has 1 aliphatic carbocycles. The van der Waals surface area contributed by atoms with E-state index < -0.39 is 17.2 Å². The molecule has 29 heavy (non-hydrogen) atoms. The second-order valence-electron chi connectivity index (χ2n) is 9.46. The molecule has 2 rings (SSSR count). The van der Waals surface area contributed by atoms with E-state index in [0.717, 1.165) is 24.2 Å². The van der Waals surface area contributed by atoms with Crippen LogP contribution in [0, 0.1) is 0 Å². The first-order valence-electron chi connectivity index (χ1n) is 10.6. The van der Waals surface area contributed by atoms with E-state index in [1.807, 2.05) is 58.9 Å². The predicted molar refractivity (Wildman–Crippen MR) is 114 cm³/mol. The Labute approximate surface area is 174 Å². The number of alkyl carbamates (subject to hydrolysis) is 1. The zero-order valence-electron chi connectivity index (χ0n) is 18.5. The van der Waals surface area contributed by atoms with Gasteiger partial charge in [0.15, 0.2) is 0 Å². The minimum absolute atomic E-state index is 0.0527. The van der Waals surface area contributed by atoms with Gasteiger partial charge in [0.05, 0.1) is 11.6 Å². The highest BCUT2D eigenvalue weighted by Gasteiger charge is 2.23. The van der Waals surface area contributed by atoms with Crippen molar-refractivity contribution in [1.29, 1.82) is 0 Å². The van der Waals surface area contributed by atoms with Gasteiger partial charge in [-0.05, 0) is 84.4 Å². The third kappa shape index (κ3) is 9.20. The first-order chi connectivity index (χ1) is 13.5. The summed E-state index contributed by atoms with van der Waals surface area (Å²) in [5.74, 6) is 0.833. The Kier molecular flexibility index (Phi) is 7.94. The molecule has 0 unspecified atom stereocenters. The summed E-state index contributed by atoms with van der Waals surface area (Å²) in [7, 11) is 0. The number of hydrogen-bond donors (Lipinski definition) is 2. The number of rotatable bonds is 8. The maximum Gasteiger partial charge on any atom is 0.407 e. The third-order valence-electron chi connectivity index (χ3n) is 4.70. The number of carbonyl (C=O) groups is 2. The van der Waals surface area contributed by atoms with Crippen LogP contribution in [0.15, 0.2) is 24.3 Å². The zero-order chi connectivity index (χ0) is 21.5. The third-order valence-corrected chi connectivity index (χ3v) is 4.70. The van der Waals surface area contributed by atoms with Gasteiger partial charge in [-0.1, -0.05) is 12.1 Å². The summed E-state index contributed by atoms with van der Waals surface area (Å²) in [6.07, 6.45) is 5.58. The molecule has 0 saturated heterocycles. The normalized spacial score (nSPS) is 15.1. The van der Waals surface area contributed by atoms with E-state index in [1.54, 1.807) is 0 Å². The van der Waals surface area contributed by atoms with Crippen LogP contribution in [-0.4, -0.2) is 35.8 Å².